The first kappa shape index (κ1) is 22.0. The standard InChI is InChI=1S/C18H28N4O6/c19-17(22-16-5-14(26)15(9-24)28-16)13(7-20-10-25)18(27)21-6-11-1-3-12(8-23)4-2-11/h7-8,10-12,14-16,24,26H,1-6,9H2,(H2,19,22)(H,20,25)(H,21,27)/b13-7+. The van der Waals surface area contributed by atoms with E-state index in [1.54, 1.807) is 0 Å². The fraction of sp³-hybridized carbons (Fsp3) is 0.667. The zero-order valence-electron chi connectivity index (χ0n) is 15.6. The number of aldehydes is 1. The lowest BCUT2D eigenvalue weighted by atomic mass is 9.83. The summed E-state index contributed by atoms with van der Waals surface area (Å²) in [6, 6.07) is 0. The highest BCUT2D eigenvalue weighted by Gasteiger charge is 2.33. The number of hydrogen-bond acceptors (Lipinski definition) is 7. The van der Waals surface area contributed by atoms with Crippen molar-refractivity contribution in [1.29, 1.82) is 0 Å². The summed E-state index contributed by atoms with van der Waals surface area (Å²) in [7, 11) is 0. The molecule has 0 spiro atoms. The number of ether oxygens (including phenoxy) is 1. The fourth-order valence-corrected chi connectivity index (χ4v) is 3.41. The first-order chi connectivity index (χ1) is 13.5. The van der Waals surface area contributed by atoms with Gasteiger partial charge in [0, 0.05) is 25.1 Å². The Morgan fingerprint density at radius 1 is 1.25 bits per heavy atom. The van der Waals surface area contributed by atoms with Crippen LogP contribution in [0.3, 0.4) is 0 Å². The molecule has 28 heavy (non-hydrogen) atoms. The molecule has 1 saturated carbocycles. The zero-order chi connectivity index (χ0) is 20.5. The van der Waals surface area contributed by atoms with E-state index >= 15 is 0 Å². The van der Waals surface area contributed by atoms with Crippen molar-refractivity contribution in [3.05, 3.63) is 11.8 Å². The largest absolute Gasteiger partial charge is 0.394 e. The minimum Gasteiger partial charge on any atom is -0.394 e. The summed E-state index contributed by atoms with van der Waals surface area (Å²) in [6.07, 6.45) is 3.61. The highest BCUT2D eigenvalue weighted by atomic mass is 16.5. The molecule has 3 unspecified atom stereocenters. The molecule has 1 heterocycles. The predicted molar refractivity (Wildman–Crippen MR) is 99.8 cm³/mol. The van der Waals surface area contributed by atoms with Crippen molar-refractivity contribution in [3.8, 4) is 0 Å². The molecule has 0 bridgehead atoms. The van der Waals surface area contributed by atoms with Crippen LogP contribution in [0.2, 0.25) is 0 Å². The third-order valence-corrected chi connectivity index (χ3v) is 5.12. The maximum atomic E-state index is 12.5. The van der Waals surface area contributed by atoms with Crippen LogP contribution in [0.4, 0.5) is 0 Å². The number of nitrogens with two attached hydrogens (primary N) is 1. The summed E-state index contributed by atoms with van der Waals surface area (Å²) in [5.74, 6) is -0.263. The van der Waals surface area contributed by atoms with Crippen LogP contribution >= 0.6 is 0 Å². The molecule has 2 fully saturated rings. The Bertz CT molecular complexity index is 615. The normalized spacial score (nSPS) is 31.3. The number of aliphatic imine (C=N–C) groups is 1. The van der Waals surface area contributed by atoms with E-state index in [0.717, 1.165) is 38.2 Å². The van der Waals surface area contributed by atoms with Gasteiger partial charge in [-0.05, 0) is 31.6 Å². The fourth-order valence-electron chi connectivity index (χ4n) is 3.41. The first-order valence-electron chi connectivity index (χ1n) is 9.39. The molecule has 0 aromatic rings. The highest BCUT2D eigenvalue weighted by molar-refractivity contribution is 6.20. The molecule has 156 valence electrons. The molecule has 10 nitrogen and oxygen atoms in total. The van der Waals surface area contributed by atoms with Crippen LogP contribution in [0, 0.1) is 11.8 Å². The van der Waals surface area contributed by atoms with Crippen molar-refractivity contribution >= 4 is 24.4 Å². The average molecular weight is 396 g/mol. The van der Waals surface area contributed by atoms with Crippen molar-refractivity contribution in [1.82, 2.24) is 10.6 Å². The second-order valence-corrected chi connectivity index (χ2v) is 7.10. The SMILES string of the molecule is NC(=N/C1CC(O)C(CO)O1)/C(=C\NC=O)C(=O)NCC1CCC(C=O)CC1. The van der Waals surface area contributed by atoms with Gasteiger partial charge in [0.1, 0.15) is 18.2 Å². The Labute approximate surface area is 163 Å². The number of aliphatic hydroxyl groups excluding tert-OH is 2. The van der Waals surface area contributed by atoms with Crippen LogP contribution in [-0.2, 0) is 19.1 Å². The average Bonchev–Trinajstić information content (AvgIpc) is 3.06. The topological polar surface area (TPSA) is 163 Å². The summed E-state index contributed by atoms with van der Waals surface area (Å²) in [4.78, 5) is 38.0. The highest BCUT2D eigenvalue weighted by Crippen LogP contribution is 2.27. The van der Waals surface area contributed by atoms with Gasteiger partial charge in [0.15, 0.2) is 6.23 Å². The van der Waals surface area contributed by atoms with E-state index in [2.05, 4.69) is 15.6 Å². The maximum Gasteiger partial charge on any atom is 0.256 e. The van der Waals surface area contributed by atoms with E-state index in [0.29, 0.717) is 13.0 Å². The Balaban J connectivity index is 1.96. The Morgan fingerprint density at radius 2 is 1.96 bits per heavy atom. The van der Waals surface area contributed by atoms with Crippen LogP contribution in [0.5, 0.6) is 0 Å². The monoisotopic (exact) mass is 396 g/mol. The van der Waals surface area contributed by atoms with Crippen molar-refractivity contribution in [2.45, 2.75) is 50.5 Å². The molecule has 1 aliphatic carbocycles. The molecule has 2 aliphatic rings. The molecular formula is C18H28N4O6. The number of nitrogens with zero attached hydrogens (tertiary/aromatic N) is 1. The van der Waals surface area contributed by atoms with E-state index < -0.39 is 24.3 Å². The van der Waals surface area contributed by atoms with Gasteiger partial charge in [0.2, 0.25) is 6.41 Å². The van der Waals surface area contributed by atoms with Gasteiger partial charge in [-0.3, -0.25) is 9.59 Å². The second kappa shape index (κ2) is 10.9. The molecule has 0 aromatic carbocycles. The van der Waals surface area contributed by atoms with Gasteiger partial charge in [0.05, 0.1) is 18.3 Å². The van der Waals surface area contributed by atoms with Gasteiger partial charge in [-0.1, -0.05) is 0 Å². The quantitative estimate of drug-likeness (QED) is 0.138. The third-order valence-electron chi connectivity index (χ3n) is 5.12. The summed E-state index contributed by atoms with van der Waals surface area (Å²) in [5, 5.41) is 23.9. The van der Waals surface area contributed by atoms with E-state index in [1.165, 1.54) is 0 Å². The van der Waals surface area contributed by atoms with E-state index in [1.807, 2.05) is 0 Å². The Hall–Kier alpha value is -2.30. The van der Waals surface area contributed by atoms with E-state index in [-0.39, 0.29) is 36.3 Å². The lowest BCUT2D eigenvalue weighted by molar-refractivity contribution is -0.117. The van der Waals surface area contributed by atoms with Crippen LogP contribution < -0.4 is 16.4 Å². The number of hydrogen-bond donors (Lipinski definition) is 5. The minimum atomic E-state index is -0.873. The number of amides is 2. The minimum absolute atomic E-state index is 0.0285. The molecule has 0 radical (unpaired) electrons. The predicted octanol–water partition coefficient (Wildman–Crippen LogP) is -1.44. The summed E-state index contributed by atoms with van der Waals surface area (Å²) >= 11 is 0. The second-order valence-electron chi connectivity index (χ2n) is 7.10. The molecule has 10 heteroatoms. The van der Waals surface area contributed by atoms with Gasteiger partial charge in [-0.15, -0.1) is 0 Å². The molecule has 0 aromatic heterocycles. The van der Waals surface area contributed by atoms with Crippen molar-refractivity contribution < 1.29 is 29.3 Å². The molecule has 1 aliphatic heterocycles. The summed E-state index contributed by atoms with van der Waals surface area (Å²) in [6.45, 7) is 0.0800. The van der Waals surface area contributed by atoms with Crippen molar-refractivity contribution in [2.75, 3.05) is 13.2 Å². The van der Waals surface area contributed by atoms with E-state index in [9.17, 15) is 19.5 Å². The van der Waals surface area contributed by atoms with Gasteiger partial charge in [-0.25, -0.2) is 4.99 Å². The summed E-state index contributed by atoms with van der Waals surface area (Å²) in [5.41, 5.74) is 5.89. The molecule has 3 atom stereocenters. The number of amidine groups is 1. The number of rotatable bonds is 9. The summed E-state index contributed by atoms with van der Waals surface area (Å²) < 4.78 is 5.36. The number of carbonyl (C=O) groups excluding carboxylic acids is 3. The van der Waals surface area contributed by atoms with Crippen LogP contribution in [0.25, 0.3) is 0 Å². The van der Waals surface area contributed by atoms with E-state index in [4.69, 9.17) is 15.6 Å². The number of nitrogens with one attached hydrogen (secondary N) is 2. The lowest BCUT2D eigenvalue weighted by Gasteiger charge is -2.25. The molecule has 2 amide bonds. The van der Waals surface area contributed by atoms with Gasteiger partial charge in [0.25, 0.3) is 5.91 Å². The maximum absolute atomic E-state index is 12.5. The zero-order valence-corrected chi connectivity index (χ0v) is 15.6. The number of aliphatic hydroxyl groups is 2. The van der Waals surface area contributed by atoms with Crippen molar-refractivity contribution in [3.63, 3.8) is 0 Å². The van der Waals surface area contributed by atoms with Crippen LogP contribution in [-0.4, -0.2) is 66.2 Å². The smallest absolute Gasteiger partial charge is 0.256 e. The lowest BCUT2D eigenvalue weighted by Crippen LogP contribution is -2.37. The van der Waals surface area contributed by atoms with Gasteiger partial charge in [-0.2, -0.15) is 0 Å². The van der Waals surface area contributed by atoms with Crippen LogP contribution in [0.15, 0.2) is 16.8 Å². The van der Waals surface area contributed by atoms with Crippen molar-refractivity contribution in [2.24, 2.45) is 22.6 Å². The van der Waals surface area contributed by atoms with Gasteiger partial charge < -0.3 is 36.1 Å². The molecular weight excluding hydrogens is 368 g/mol. The Morgan fingerprint density at radius 3 is 2.54 bits per heavy atom. The van der Waals surface area contributed by atoms with Crippen LogP contribution in [0.1, 0.15) is 32.1 Å². The Kier molecular flexibility index (Phi) is 8.55. The third kappa shape index (κ3) is 6.11. The first-order valence-corrected chi connectivity index (χ1v) is 9.39. The molecule has 6 N–H and O–H groups in total. The molecule has 2 rings (SSSR count). The number of carbonyl (C=O) groups is 3. The molecule has 1 saturated heterocycles. The van der Waals surface area contributed by atoms with Gasteiger partial charge >= 0.3 is 0 Å².